The van der Waals surface area contributed by atoms with E-state index in [0.717, 1.165) is 25.3 Å². The van der Waals surface area contributed by atoms with Gasteiger partial charge in [0.05, 0.1) is 12.6 Å². The fourth-order valence-corrected chi connectivity index (χ4v) is 6.09. The summed E-state index contributed by atoms with van der Waals surface area (Å²) in [5.41, 5.74) is 9.44. The molecule has 2 aliphatic rings. The molecule has 2 amide bonds. The Morgan fingerprint density at radius 1 is 1.14 bits per heavy atom. The van der Waals surface area contributed by atoms with Gasteiger partial charge in [0.1, 0.15) is 17.2 Å². The first-order valence-corrected chi connectivity index (χ1v) is 14.5. The number of amidine groups is 1. The van der Waals surface area contributed by atoms with Crippen molar-refractivity contribution in [3.63, 3.8) is 0 Å². The lowest BCUT2D eigenvalue weighted by Crippen LogP contribution is -2.50. The lowest BCUT2D eigenvalue weighted by molar-refractivity contribution is -0.132. The molecule has 1 spiro atoms. The van der Waals surface area contributed by atoms with Gasteiger partial charge < -0.3 is 21.4 Å². The lowest BCUT2D eigenvalue weighted by atomic mass is 9.69. The maximum absolute atomic E-state index is 14.2. The van der Waals surface area contributed by atoms with E-state index < -0.39 is 11.6 Å². The summed E-state index contributed by atoms with van der Waals surface area (Å²) in [6, 6.07) is 12.7. The van der Waals surface area contributed by atoms with E-state index in [4.69, 9.17) is 10.7 Å². The highest BCUT2D eigenvalue weighted by molar-refractivity contribution is 6.46. The first-order chi connectivity index (χ1) is 19.7. The van der Waals surface area contributed by atoms with Crippen molar-refractivity contribution < 1.29 is 18.4 Å². The van der Waals surface area contributed by atoms with Crippen molar-refractivity contribution in [3.8, 4) is 0 Å². The molecule has 4 rings (SSSR count). The van der Waals surface area contributed by atoms with Gasteiger partial charge in [0.25, 0.3) is 17.7 Å². The van der Waals surface area contributed by atoms with E-state index in [9.17, 15) is 18.4 Å². The molecule has 42 heavy (non-hydrogen) atoms. The Morgan fingerprint density at radius 2 is 1.79 bits per heavy atom. The van der Waals surface area contributed by atoms with Crippen LogP contribution in [0.3, 0.4) is 0 Å². The molecule has 2 aromatic carbocycles. The van der Waals surface area contributed by atoms with Crippen LogP contribution in [0.2, 0.25) is 0 Å². The Balaban J connectivity index is 1.64. The molecule has 1 aliphatic heterocycles. The number of aliphatic imine (C=N–C) groups is 1. The number of hydrogen-bond acceptors (Lipinski definition) is 5. The third-order valence-corrected chi connectivity index (χ3v) is 8.57. The smallest absolute Gasteiger partial charge is 0.275 e. The molecule has 1 heterocycles. The van der Waals surface area contributed by atoms with Crippen molar-refractivity contribution in [3.05, 3.63) is 70.8 Å². The van der Waals surface area contributed by atoms with Crippen molar-refractivity contribution in [2.45, 2.75) is 77.9 Å². The molecule has 2 aromatic rings. The largest absolute Gasteiger partial charge is 0.384 e. The highest BCUT2D eigenvalue weighted by Gasteiger charge is 2.52. The summed E-state index contributed by atoms with van der Waals surface area (Å²) >= 11 is 0. The van der Waals surface area contributed by atoms with Gasteiger partial charge in [-0.1, -0.05) is 51.1 Å². The fourth-order valence-electron chi connectivity index (χ4n) is 6.09. The van der Waals surface area contributed by atoms with Crippen molar-refractivity contribution in [1.29, 1.82) is 0 Å². The number of amides is 2. The van der Waals surface area contributed by atoms with E-state index in [1.54, 1.807) is 31.3 Å². The molecule has 1 unspecified atom stereocenters. The average Bonchev–Trinajstić information content (AvgIpc) is 3.21. The monoisotopic (exact) mass is 580 g/mol. The van der Waals surface area contributed by atoms with Crippen molar-refractivity contribution >= 4 is 23.4 Å². The number of alkyl halides is 2. The zero-order chi connectivity index (χ0) is 30.9. The Labute approximate surface area is 246 Å². The number of hydrazone groups is 1. The first-order valence-electron chi connectivity index (χ1n) is 14.5. The van der Waals surface area contributed by atoms with E-state index in [1.165, 1.54) is 12.1 Å². The topological polar surface area (TPSA) is 112 Å². The van der Waals surface area contributed by atoms with Gasteiger partial charge in [-0.3, -0.25) is 14.6 Å². The summed E-state index contributed by atoms with van der Waals surface area (Å²) < 4.78 is 28.4. The maximum atomic E-state index is 14.2. The minimum atomic E-state index is -3.03. The molecule has 1 fully saturated rings. The Kier molecular flexibility index (Phi) is 8.76. The molecular weight excluding hydrogens is 538 g/mol. The standard InChI is InChI=1S/C32H42F2N6O2/c1-20(21-10-12-22(13-11-21)28(41)37-19-26(35)39-36-6)40-29(42)27(23-8-7-9-25(18-23)31(5,33)34)38-32(40)16-14-24(15-17-32)30(2,3)4/h7-13,18,20,24,36H,14-17,19H2,1-6H3,(H2,35,39)(H,37,41). The molecule has 0 radical (unpaired) electrons. The van der Waals surface area contributed by atoms with E-state index >= 15 is 0 Å². The molecule has 0 saturated heterocycles. The molecule has 0 bridgehead atoms. The van der Waals surface area contributed by atoms with Crippen molar-refractivity contribution in [2.75, 3.05) is 13.6 Å². The Hall–Kier alpha value is -3.82. The van der Waals surface area contributed by atoms with E-state index in [1.807, 2.05) is 24.0 Å². The molecule has 8 nitrogen and oxygen atoms in total. The summed E-state index contributed by atoms with van der Waals surface area (Å²) in [5.74, 6) is -2.86. The minimum Gasteiger partial charge on any atom is -0.384 e. The highest BCUT2D eigenvalue weighted by atomic mass is 19.3. The molecular formula is C32H42F2N6O2. The van der Waals surface area contributed by atoms with Gasteiger partial charge >= 0.3 is 0 Å². The number of nitrogens with one attached hydrogen (secondary N) is 2. The number of nitrogens with zero attached hydrogens (tertiary/aromatic N) is 3. The SMILES string of the molecule is CNN=C(N)CNC(=O)c1ccc(C(C)N2C(=O)C(c3cccc(C(C)(F)F)c3)=NC23CCC(C(C)(C)C)CC3)cc1. The normalized spacial score (nSPS) is 22.2. The number of carbonyl (C=O) groups is 2. The summed E-state index contributed by atoms with van der Waals surface area (Å²) in [6.45, 7) is 9.61. The average molecular weight is 581 g/mol. The molecule has 1 saturated carbocycles. The number of rotatable bonds is 8. The molecule has 0 aromatic heterocycles. The second kappa shape index (κ2) is 11.8. The predicted octanol–water partition coefficient (Wildman–Crippen LogP) is 5.34. The fraction of sp³-hybridized carbons (Fsp3) is 0.500. The van der Waals surface area contributed by atoms with Crippen LogP contribution in [0.15, 0.2) is 58.6 Å². The predicted molar refractivity (Wildman–Crippen MR) is 161 cm³/mol. The van der Waals surface area contributed by atoms with Crippen LogP contribution in [-0.4, -0.2) is 47.5 Å². The molecule has 4 N–H and O–H groups in total. The van der Waals surface area contributed by atoms with Crippen LogP contribution in [0.5, 0.6) is 0 Å². The van der Waals surface area contributed by atoms with Crippen LogP contribution in [0, 0.1) is 11.3 Å². The Bertz CT molecular complexity index is 1370. The molecule has 226 valence electrons. The summed E-state index contributed by atoms with van der Waals surface area (Å²) in [5, 5.41) is 6.55. The molecule has 1 aliphatic carbocycles. The summed E-state index contributed by atoms with van der Waals surface area (Å²) in [6.07, 6.45) is 3.19. The Morgan fingerprint density at radius 3 is 2.36 bits per heavy atom. The lowest BCUT2D eigenvalue weighted by Gasteiger charge is -2.46. The third kappa shape index (κ3) is 6.47. The van der Waals surface area contributed by atoms with E-state index in [-0.39, 0.29) is 46.9 Å². The third-order valence-electron chi connectivity index (χ3n) is 8.57. The highest BCUT2D eigenvalue weighted by Crippen LogP contribution is 2.49. The molecule has 10 heteroatoms. The van der Waals surface area contributed by atoms with E-state index in [0.29, 0.717) is 29.9 Å². The quantitative estimate of drug-likeness (QED) is 0.222. The van der Waals surface area contributed by atoms with Gasteiger partial charge in [0, 0.05) is 30.7 Å². The van der Waals surface area contributed by atoms with Gasteiger partial charge in [-0.2, -0.15) is 5.10 Å². The van der Waals surface area contributed by atoms with Gasteiger partial charge in [0.15, 0.2) is 0 Å². The van der Waals surface area contributed by atoms with Crippen LogP contribution in [0.4, 0.5) is 8.78 Å². The van der Waals surface area contributed by atoms with Crippen molar-refractivity contribution in [2.24, 2.45) is 27.2 Å². The molecule has 1 atom stereocenters. The van der Waals surface area contributed by atoms with E-state index in [2.05, 4.69) is 36.6 Å². The summed E-state index contributed by atoms with van der Waals surface area (Å²) in [4.78, 5) is 33.6. The zero-order valence-corrected chi connectivity index (χ0v) is 25.3. The number of nitrogens with two attached hydrogens (primary N) is 1. The minimum absolute atomic E-state index is 0.101. The van der Waals surface area contributed by atoms with Crippen LogP contribution in [0.25, 0.3) is 0 Å². The van der Waals surface area contributed by atoms with Gasteiger partial charge in [-0.15, -0.1) is 0 Å². The second-order valence-corrected chi connectivity index (χ2v) is 12.5. The number of carbonyl (C=O) groups excluding carboxylic acids is 2. The second-order valence-electron chi connectivity index (χ2n) is 12.5. The van der Waals surface area contributed by atoms with Crippen LogP contribution >= 0.6 is 0 Å². The maximum Gasteiger partial charge on any atom is 0.275 e. The van der Waals surface area contributed by atoms with Crippen LogP contribution in [0.1, 0.15) is 93.4 Å². The number of halogens is 2. The van der Waals surface area contributed by atoms with Crippen LogP contribution < -0.4 is 16.5 Å². The number of benzene rings is 2. The van der Waals surface area contributed by atoms with Gasteiger partial charge in [-0.05, 0) is 67.7 Å². The van der Waals surface area contributed by atoms with Gasteiger partial charge in [0.2, 0.25) is 0 Å². The zero-order valence-electron chi connectivity index (χ0n) is 25.3. The van der Waals surface area contributed by atoms with Crippen molar-refractivity contribution in [1.82, 2.24) is 15.6 Å². The van der Waals surface area contributed by atoms with Crippen LogP contribution in [-0.2, 0) is 10.7 Å². The first kappa shape index (κ1) is 31.1. The summed E-state index contributed by atoms with van der Waals surface area (Å²) in [7, 11) is 1.62. The van der Waals surface area contributed by atoms with Gasteiger partial charge in [-0.25, -0.2) is 8.78 Å². The number of hydrogen-bond donors (Lipinski definition) is 3.